The van der Waals surface area contributed by atoms with Crippen molar-refractivity contribution in [2.45, 2.75) is 13.8 Å². The van der Waals surface area contributed by atoms with Crippen molar-refractivity contribution in [1.29, 1.82) is 5.26 Å². The summed E-state index contributed by atoms with van der Waals surface area (Å²) in [5, 5.41) is 9.38. The monoisotopic (exact) mass is 281 g/mol. The zero-order valence-electron chi connectivity index (χ0n) is 11.2. The zero-order valence-corrected chi connectivity index (χ0v) is 11.9. The molecule has 0 radical (unpaired) electrons. The van der Waals surface area contributed by atoms with Crippen LogP contribution in [0.2, 0.25) is 5.02 Å². The summed E-state index contributed by atoms with van der Waals surface area (Å²) in [7, 11) is 0. The Morgan fingerprint density at radius 2 is 1.90 bits per heavy atom. The van der Waals surface area contributed by atoms with Crippen molar-refractivity contribution < 1.29 is 0 Å². The molecule has 0 aliphatic rings. The molecule has 0 N–H and O–H groups in total. The fraction of sp³-hybridized carbons (Fsp3) is 0.125. The van der Waals surface area contributed by atoms with E-state index in [4.69, 9.17) is 16.9 Å². The molecule has 0 aliphatic heterocycles. The summed E-state index contributed by atoms with van der Waals surface area (Å²) in [6.45, 7) is 4.16. The van der Waals surface area contributed by atoms with Gasteiger partial charge in [0, 0.05) is 5.69 Å². The number of halogens is 1. The summed E-state index contributed by atoms with van der Waals surface area (Å²) in [4.78, 5) is 4.42. The fourth-order valence-corrected chi connectivity index (χ4v) is 2.43. The lowest BCUT2D eigenvalue weighted by molar-refractivity contribution is 1.09. The van der Waals surface area contributed by atoms with Gasteiger partial charge < -0.3 is 0 Å². The largest absolute Gasteiger partial charge is 0.299 e. The number of hydrogen-bond donors (Lipinski definition) is 0. The van der Waals surface area contributed by atoms with E-state index in [-0.39, 0.29) is 0 Å². The molecular formula is C16H12ClN3. The van der Waals surface area contributed by atoms with Crippen molar-refractivity contribution in [3.63, 3.8) is 0 Å². The number of imidazole rings is 1. The van der Waals surface area contributed by atoms with Gasteiger partial charge >= 0.3 is 0 Å². The van der Waals surface area contributed by atoms with Crippen LogP contribution >= 0.6 is 11.6 Å². The van der Waals surface area contributed by atoms with Crippen LogP contribution in [0.15, 0.2) is 36.7 Å². The van der Waals surface area contributed by atoms with Crippen LogP contribution in [0.4, 0.5) is 0 Å². The molecule has 3 rings (SSSR count). The summed E-state index contributed by atoms with van der Waals surface area (Å²) in [5.41, 5.74) is 5.81. The Labute approximate surface area is 122 Å². The van der Waals surface area contributed by atoms with Gasteiger partial charge in [-0.15, -0.1) is 0 Å². The van der Waals surface area contributed by atoms with Gasteiger partial charge in [0.25, 0.3) is 0 Å². The standard InChI is InChI=1S/C16H12ClN3/c1-10-5-15-16(6-11(10)2)20(9-19-15)13-4-3-12(8-18)14(17)7-13/h3-7,9H,1-2H3. The molecule has 0 amide bonds. The molecule has 0 atom stereocenters. The Morgan fingerprint density at radius 3 is 2.60 bits per heavy atom. The normalized spacial score (nSPS) is 10.7. The lowest BCUT2D eigenvalue weighted by Crippen LogP contribution is -1.93. The van der Waals surface area contributed by atoms with E-state index in [9.17, 15) is 0 Å². The van der Waals surface area contributed by atoms with E-state index in [0.29, 0.717) is 10.6 Å². The second kappa shape index (κ2) is 4.66. The lowest BCUT2D eigenvalue weighted by Gasteiger charge is -2.07. The van der Waals surface area contributed by atoms with Gasteiger partial charge in [-0.3, -0.25) is 4.57 Å². The minimum atomic E-state index is 0.454. The van der Waals surface area contributed by atoms with Crippen molar-refractivity contribution in [3.05, 3.63) is 58.4 Å². The molecular weight excluding hydrogens is 270 g/mol. The number of fused-ring (bicyclic) bond motifs is 1. The molecule has 0 saturated heterocycles. The van der Waals surface area contributed by atoms with E-state index in [2.05, 4.69) is 37.0 Å². The van der Waals surface area contributed by atoms with Crippen molar-refractivity contribution in [2.24, 2.45) is 0 Å². The molecule has 4 heteroatoms. The molecule has 20 heavy (non-hydrogen) atoms. The highest BCUT2D eigenvalue weighted by Gasteiger charge is 2.08. The number of rotatable bonds is 1. The molecule has 0 unspecified atom stereocenters. The van der Waals surface area contributed by atoms with E-state index >= 15 is 0 Å². The third-order valence-electron chi connectivity index (χ3n) is 3.51. The van der Waals surface area contributed by atoms with E-state index in [1.165, 1.54) is 11.1 Å². The number of nitriles is 1. The van der Waals surface area contributed by atoms with Crippen LogP contribution in [0.1, 0.15) is 16.7 Å². The molecule has 0 fully saturated rings. The van der Waals surface area contributed by atoms with E-state index in [1.807, 2.05) is 10.6 Å². The molecule has 0 aliphatic carbocycles. The number of benzene rings is 2. The van der Waals surface area contributed by atoms with Gasteiger partial charge in [0.05, 0.1) is 21.6 Å². The summed E-state index contributed by atoms with van der Waals surface area (Å²) < 4.78 is 1.98. The second-order valence-electron chi connectivity index (χ2n) is 4.82. The summed E-state index contributed by atoms with van der Waals surface area (Å²) in [6, 6.07) is 11.6. The molecule has 1 heterocycles. The quantitative estimate of drug-likeness (QED) is 0.672. The maximum absolute atomic E-state index is 8.92. The van der Waals surface area contributed by atoms with Crippen molar-refractivity contribution in [3.8, 4) is 11.8 Å². The number of aromatic nitrogens is 2. The van der Waals surface area contributed by atoms with Gasteiger partial charge in [-0.25, -0.2) is 4.98 Å². The molecule has 3 nitrogen and oxygen atoms in total. The molecule has 0 bridgehead atoms. The van der Waals surface area contributed by atoms with E-state index in [0.717, 1.165) is 16.7 Å². The Morgan fingerprint density at radius 1 is 1.15 bits per heavy atom. The molecule has 3 aromatic rings. The Kier molecular flexibility index (Phi) is 2.96. The Hall–Kier alpha value is -2.31. The van der Waals surface area contributed by atoms with Crippen molar-refractivity contribution >= 4 is 22.6 Å². The molecule has 0 spiro atoms. The number of aryl methyl sites for hydroxylation is 2. The van der Waals surface area contributed by atoms with E-state index in [1.54, 1.807) is 18.5 Å². The van der Waals surface area contributed by atoms with Crippen LogP contribution in [0.5, 0.6) is 0 Å². The predicted molar refractivity (Wildman–Crippen MR) is 80.3 cm³/mol. The van der Waals surface area contributed by atoms with Crippen molar-refractivity contribution in [1.82, 2.24) is 9.55 Å². The fourth-order valence-electron chi connectivity index (χ4n) is 2.21. The average molecular weight is 282 g/mol. The van der Waals surface area contributed by atoms with Gasteiger partial charge in [0.2, 0.25) is 0 Å². The first kappa shape index (κ1) is 12.7. The Balaban J connectivity index is 2.22. The third-order valence-corrected chi connectivity index (χ3v) is 3.83. The maximum Gasteiger partial charge on any atom is 0.101 e. The van der Waals surface area contributed by atoms with Crippen LogP contribution in [0.3, 0.4) is 0 Å². The second-order valence-corrected chi connectivity index (χ2v) is 5.22. The minimum Gasteiger partial charge on any atom is -0.299 e. The minimum absolute atomic E-state index is 0.454. The van der Waals surface area contributed by atoms with Crippen LogP contribution in [0, 0.1) is 25.2 Å². The summed E-state index contributed by atoms with van der Waals surface area (Å²) in [5.74, 6) is 0. The number of hydrogen-bond acceptors (Lipinski definition) is 2. The topological polar surface area (TPSA) is 41.6 Å². The number of nitrogens with zero attached hydrogens (tertiary/aromatic N) is 3. The van der Waals surface area contributed by atoms with Crippen molar-refractivity contribution in [2.75, 3.05) is 0 Å². The van der Waals surface area contributed by atoms with Gasteiger partial charge in [0.1, 0.15) is 12.4 Å². The van der Waals surface area contributed by atoms with E-state index < -0.39 is 0 Å². The highest BCUT2D eigenvalue weighted by Crippen LogP contribution is 2.24. The van der Waals surface area contributed by atoms with Gasteiger partial charge in [-0.05, 0) is 55.3 Å². The first-order valence-corrected chi connectivity index (χ1v) is 6.62. The lowest BCUT2D eigenvalue weighted by atomic mass is 10.1. The molecule has 98 valence electrons. The average Bonchev–Trinajstić information content (AvgIpc) is 2.82. The summed E-state index contributed by atoms with van der Waals surface area (Å²) in [6.07, 6.45) is 1.78. The van der Waals surface area contributed by atoms with Crippen LogP contribution < -0.4 is 0 Å². The molecule has 2 aromatic carbocycles. The summed E-state index contributed by atoms with van der Waals surface area (Å²) >= 11 is 6.10. The third kappa shape index (κ3) is 1.95. The zero-order chi connectivity index (χ0) is 14.3. The first-order chi connectivity index (χ1) is 9.60. The Bertz CT molecular complexity index is 856. The SMILES string of the molecule is Cc1cc2ncn(-c3ccc(C#N)c(Cl)c3)c2cc1C. The van der Waals surface area contributed by atoms with Crippen LogP contribution in [0.25, 0.3) is 16.7 Å². The highest BCUT2D eigenvalue weighted by atomic mass is 35.5. The van der Waals surface area contributed by atoms with Gasteiger partial charge in [-0.1, -0.05) is 11.6 Å². The first-order valence-electron chi connectivity index (χ1n) is 6.24. The van der Waals surface area contributed by atoms with Gasteiger partial charge in [0.15, 0.2) is 0 Å². The van der Waals surface area contributed by atoms with Crippen LogP contribution in [-0.4, -0.2) is 9.55 Å². The van der Waals surface area contributed by atoms with Crippen LogP contribution in [-0.2, 0) is 0 Å². The maximum atomic E-state index is 8.92. The highest BCUT2D eigenvalue weighted by molar-refractivity contribution is 6.31. The van der Waals surface area contributed by atoms with Gasteiger partial charge in [-0.2, -0.15) is 5.26 Å². The predicted octanol–water partition coefficient (Wildman–Crippen LogP) is 4.17. The molecule has 1 aromatic heterocycles. The molecule has 0 saturated carbocycles. The smallest absolute Gasteiger partial charge is 0.101 e.